The van der Waals surface area contributed by atoms with Crippen LogP contribution in [-0.4, -0.2) is 52.6 Å². The van der Waals surface area contributed by atoms with Gasteiger partial charge in [0, 0.05) is 25.0 Å². The van der Waals surface area contributed by atoms with Crippen LogP contribution in [0.2, 0.25) is 0 Å². The lowest BCUT2D eigenvalue weighted by molar-refractivity contribution is -0.118. The van der Waals surface area contributed by atoms with E-state index in [2.05, 4.69) is 20.4 Å². The quantitative estimate of drug-likeness (QED) is 0.683. The number of carbonyl (C=O) groups is 2. The minimum Gasteiger partial charge on any atom is -0.369 e. The number of rotatable bonds is 6. The lowest BCUT2D eigenvalue weighted by atomic mass is 9.85. The van der Waals surface area contributed by atoms with E-state index < -0.39 is 0 Å². The Morgan fingerprint density at radius 3 is 2.59 bits per heavy atom. The molecule has 0 spiro atoms. The Kier molecular flexibility index (Phi) is 6.42. The van der Waals surface area contributed by atoms with Crippen LogP contribution in [0.4, 0.5) is 0 Å². The Morgan fingerprint density at radius 2 is 1.93 bits per heavy atom. The molecule has 1 aromatic rings. The number of amides is 2. The Hall–Kier alpha value is -1.60. The van der Waals surface area contributed by atoms with E-state index in [0.29, 0.717) is 29.9 Å². The Labute approximate surface area is 166 Å². The molecule has 0 radical (unpaired) electrons. The van der Waals surface area contributed by atoms with Crippen LogP contribution in [0.1, 0.15) is 66.9 Å². The van der Waals surface area contributed by atoms with E-state index >= 15 is 0 Å². The van der Waals surface area contributed by atoms with Crippen LogP contribution in [0.5, 0.6) is 0 Å². The highest BCUT2D eigenvalue weighted by atomic mass is 35.5. The molecule has 4 rings (SSSR count). The molecule has 2 saturated carbocycles. The Bertz CT molecular complexity index is 669. The monoisotopic (exact) mass is 395 g/mol. The van der Waals surface area contributed by atoms with Gasteiger partial charge in [0.1, 0.15) is 0 Å². The number of hydrogen-bond donors (Lipinski definition) is 3. The predicted octanol–water partition coefficient (Wildman–Crippen LogP) is 1.80. The maximum absolute atomic E-state index is 13.0. The van der Waals surface area contributed by atoms with E-state index in [1.807, 2.05) is 0 Å². The van der Waals surface area contributed by atoms with Crippen molar-refractivity contribution in [1.82, 2.24) is 20.4 Å². The molecule has 2 heterocycles. The highest BCUT2D eigenvalue weighted by Crippen LogP contribution is 2.41. The number of carbonyl (C=O) groups excluding carboxylic acids is 2. The zero-order chi connectivity index (χ0) is 18.1. The number of H-pyrrole nitrogens is 1. The molecule has 0 unspecified atom stereocenters. The molecular weight excluding hydrogens is 366 g/mol. The number of hydrogen-bond acceptors (Lipinski definition) is 4. The van der Waals surface area contributed by atoms with Gasteiger partial charge in [0.15, 0.2) is 0 Å². The lowest BCUT2D eigenvalue weighted by Crippen LogP contribution is -2.42. The minimum atomic E-state index is -0.305. The van der Waals surface area contributed by atoms with Gasteiger partial charge in [-0.1, -0.05) is 19.3 Å². The molecule has 3 aliphatic rings. The topological polar surface area (TPSA) is 104 Å². The summed E-state index contributed by atoms with van der Waals surface area (Å²) in [5.41, 5.74) is 7.05. The largest absolute Gasteiger partial charge is 0.369 e. The molecule has 27 heavy (non-hydrogen) atoms. The number of halogens is 1. The second kappa shape index (κ2) is 8.61. The number of nitrogens with one attached hydrogen (secondary N) is 2. The number of primary amides is 1. The van der Waals surface area contributed by atoms with Gasteiger partial charge in [-0.2, -0.15) is 5.10 Å². The third kappa shape index (κ3) is 4.63. The molecule has 1 saturated heterocycles. The van der Waals surface area contributed by atoms with Crippen LogP contribution in [0, 0.1) is 11.8 Å². The normalized spacial score (nSPS) is 26.5. The maximum atomic E-state index is 13.0. The van der Waals surface area contributed by atoms with E-state index in [-0.39, 0.29) is 36.8 Å². The zero-order valence-electron chi connectivity index (χ0n) is 15.7. The first-order chi connectivity index (χ1) is 12.6. The molecule has 8 heteroatoms. The first kappa shape index (κ1) is 20.1. The van der Waals surface area contributed by atoms with Gasteiger partial charge in [-0.3, -0.25) is 19.6 Å². The van der Waals surface area contributed by atoms with Crippen LogP contribution in [0.3, 0.4) is 0 Å². The number of aromatic nitrogens is 2. The Morgan fingerprint density at radius 1 is 1.19 bits per heavy atom. The lowest BCUT2D eigenvalue weighted by Gasteiger charge is -2.23. The summed E-state index contributed by atoms with van der Waals surface area (Å²) >= 11 is 0. The first-order valence-corrected chi connectivity index (χ1v) is 9.96. The molecular formula is C19H30ClN5O2. The van der Waals surface area contributed by atoms with E-state index in [4.69, 9.17) is 5.73 Å². The summed E-state index contributed by atoms with van der Waals surface area (Å²) in [6.45, 7) is 1.82. The van der Waals surface area contributed by atoms with Crippen molar-refractivity contribution < 1.29 is 9.59 Å². The van der Waals surface area contributed by atoms with Crippen molar-refractivity contribution in [2.45, 2.75) is 56.9 Å². The van der Waals surface area contributed by atoms with Gasteiger partial charge in [0.2, 0.25) is 5.91 Å². The van der Waals surface area contributed by atoms with Gasteiger partial charge in [-0.05, 0) is 37.5 Å². The second-order valence-corrected chi connectivity index (χ2v) is 8.27. The zero-order valence-corrected chi connectivity index (χ0v) is 16.5. The molecule has 1 aliphatic heterocycles. The summed E-state index contributed by atoms with van der Waals surface area (Å²) in [5.74, 6) is 1.17. The number of nitrogens with two attached hydrogens (primary N) is 1. The summed E-state index contributed by atoms with van der Waals surface area (Å²) in [6, 6.07) is 0.0865. The number of likely N-dealkylation sites (tertiary alicyclic amines) is 1. The van der Waals surface area contributed by atoms with Crippen LogP contribution in [0.15, 0.2) is 6.20 Å². The fourth-order valence-electron chi connectivity index (χ4n) is 4.84. The van der Waals surface area contributed by atoms with Gasteiger partial charge in [0.25, 0.3) is 5.91 Å². The van der Waals surface area contributed by atoms with E-state index in [1.165, 1.54) is 32.1 Å². The summed E-state index contributed by atoms with van der Waals surface area (Å²) < 4.78 is 0. The van der Waals surface area contributed by atoms with Crippen molar-refractivity contribution in [1.29, 1.82) is 0 Å². The molecule has 0 bridgehead atoms. The third-order valence-corrected chi connectivity index (χ3v) is 6.29. The standard InChI is InChI=1S/C19H29N5O2.ClH/c20-17(25)11-24-9-15(12-6-7-12)16(10-24)22-19(26)14-8-21-23-18(14)13-4-2-1-3-5-13;/h8,12-13,15-16H,1-7,9-11H2,(H2,20,25)(H,21,23)(H,22,26);1H/t15-,16+;/m1./s1. The Balaban J connectivity index is 0.00000210. The highest BCUT2D eigenvalue weighted by Gasteiger charge is 2.43. The molecule has 2 atom stereocenters. The van der Waals surface area contributed by atoms with E-state index in [9.17, 15) is 9.59 Å². The minimum absolute atomic E-state index is 0. The average molecular weight is 396 g/mol. The van der Waals surface area contributed by atoms with Gasteiger partial charge in [-0.15, -0.1) is 12.4 Å². The molecule has 0 aromatic carbocycles. The molecule has 2 aliphatic carbocycles. The smallest absolute Gasteiger partial charge is 0.255 e. The molecule has 2 amide bonds. The van der Waals surface area contributed by atoms with Crippen molar-refractivity contribution >= 4 is 24.2 Å². The highest BCUT2D eigenvalue weighted by molar-refractivity contribution is 5.95. The molecule has 1 aromatic heterocycles. The van der Waals surface area contributed by atoms with Gasteiger partial charge < -0.3 is 11.1 Å². The maximum Gasteiger partial charge on any atom is 0.255 e. The molecule has 150 valence electrons. The molecule has 3 fully saturated rings. The molecule has 4 N–H and O–H groups in total. The fraction of sp³-hybridized carbons (Fsp3) is 0.737. The van der Waals surface area contributed by atoms with Gasteiger partial charge in [-0.25, -0.2) is 0 Å². The third-order valence-electron chi connectivity index (χ3n) is 6.29. The van der Waals surface area contributed by atoms with Crippen molar-refractivity contribution in [3.8, 4) is 0 Å². The number of aromatic amines is 1. The average Bonchev–Trinajstić information content (AvgIpc) is 3.21. The fourth-order valence-corrected chi connectivity index (χ4v) is 4.84. The summed E-state index contributed by atoms with van der Waals surface area (Å²) in [4.78, 5) is 26.3. The van der Waals surface area contributed by atoms with E-state index in [0.717, 1.165) is 25.1 Å². The molecule has 7 nitrogen and oxygen atoms in total. The predicted molar refractivity (Wildman–Crippen MR) is 105 cm³/mol. The second-order valence-electron chi connectivity index (χ2n) is 8.27. The SMILES string of the molecule is Cl.NC(=O)CN1C[C@H](NC(=O)c2cn[nH]c2C2CCCCC2)[C@@H](C2CC2)C1. The van der Waals surface area contributed by atoms with Crippen molar-refractivity contribution in [3.05, 3.63) is 17.5 Å². The van der Waals surface area contributed by atoms with Gasteiger partial charge >= 0.3 is 0 Å². The summed E-state index contributed by atoms with van der Waals surface area (Å²) in [6.07, 6.45) is 10.1. The van der Waals surface area contributed by atoms with E-state index in [1.54, 1.807) is 6.20 Å². The van der Waals surface area contributed by atoms with Crippen LogP contribution >= 0.6 is 12.4 Å². The van der Waals surface area contributed by atoms with Crippen molar-refractivity contribution in [3.63, 3.8) is 0 Å². The van der Waals surface area contributed by atoms with Crippen molar-refractivity contribution in [2.75, 3.05) is 19.6 Å². The van der Waals surface area contributed by atoms with Crippen molar-refractivity contribution in [2.24, 2.45) is 17.6 Å². The van der Waals surface area contributed by atoms with Gasteiger partial charge in [0.05, 0.1) is 24.0 Å². The summed E-state index contributed by atoms with van der Waals surface area (Å²) in [5, 5.41) is 10.5. The number of nitrogens with zero attached hydrogens (tertiary/aromatic N) is 2. The first-order valence-electron chi connectivity index (χ1n) is 9.96. The van der Waals surface area contributed by atoms with Crippen LogP contribution in [-0.2, 0) is 4.79 Å². The van der Waals surface area contributed by atoms with Crippen LogP contribution < -0.4 is 11.1 Å². The van der Waals surface area contributed by atoms with Crippen LogP contribution in [0.25, 0.3) is 0 Å². The summed E-state index contributed by atoms with van der Waals surface area (Å²) in [7, 11) is 0.